The summed E-state index contributed by atoms with van der Waals surface area (Å²) in [6, 6.07) is 6.83. The maximum Gasteiger partial charge on any atom is 0.243 e. The van der Waals surface area contributed by atoms with Crippen molar-refractivity contribution in [2.24, 2.45) is 0 Å². The fraction of sp³-hybridized carbons (Fsp3) is 0.538. The van der Waals surface area contributed by atoms with E-state index < -0.39 is 20.0 Å². The summed E-state index contributed by atoms with van der Waals surface area (Å²) in [4.78, 5) is 0.257. The fourth-order valence-electron chi connectivity index (χ4n) is 2.29. The van der Waals surface area contributed by atoms with E-state index in [1.807, 2.05) is 6.92 Å². The number of sulfonamides is 2. The molecule has 6 nitrogen and oxygen atoms in total. The van der Waals surface area contributed by atoms with Crippen LogP contribution in [0.1, 0.15) is 12.5 Å². The molecule has 0 aliphatic carbocycles. The molecule has 0 unspecified atom stereocenters. The Balaban J connectivity index is 2.14. The molecule has 1 aromatic rings. The molecule has 0 aromatic heterocycles. The minimum atomic E-state index is -3.54. The standard InChI is InChI=1S/C13H20N2O4S2/c1-3-12-4-6-13(7-5-12)21(18,19)15-10-8-14(9-11-15)20(2,16)17/h4-7H,3,8-11H2,1-2H3. The highest BCUT2D eigenvalue weighted by Crippen LogP contribution is 2.19. The third-order valence-electron chi connectivity index (χ3n) is 3.64. The van der Waals surface area contributed by atoms with Gasteiger partial charge in [0.05, 0.1) is 11.2 Å². The van der Waals surface area contributed by atoms with E-state index in [2.05, 4.69) is 0 Å². The van der Waals surface area contributed by atoms with Crippen molar-refractivity contribution in [1.82, 2.24) is 8.61 Å². The number of aryl methyl sites for hydroxylation is 1. The lowest BCUT2D eigenvalue weighted by molar-refractivity contribution is 0.274. The third-order valence-corrected chi connectivity index (χ3v) is 6.85. The van der Waals surface area contributed by atoms with E-state index in [0.717, 1.165) is 18.2 Å². The summed E-state index contributed by atoms with van der Waals surface area (Å²) in [5.41, 5.74) is 1.08. The molecule has 21 heavy (non-hydrogen) atoms. The van der Waals surface area contributed by atoms with Crippen molar-refractivity contribution in [3.8, 4) is 0 Å². The number of benzene rings is 1. The first-order valence-corrected chi connectivity index (χ1v) is 10.1. The summed E-state index contributed by atoms with van der Waals surface area (Å²) >= 11 is 0. The smallest absolute Gasteiger partial charge is 0.213 e. The highest BCUT2D eigenvalue weighted by molar-refractivity contribution is 7.89. The Morgan fingerprint density at radius 3 is 1.81 bits per heavy atom. The van der Waals surface area contributed by atoms with Crippen molar-refractivity contribution >= 4 is 20.0 Å². The van der Waals surface area contributed by atoms with Crippen LogP contribution < -0.4 is 0 Å². The van der Waals surface area contributed by atoms with Gasteiger partial charge >= 0.3 is 0 Å². The van der Waals surface area contributed by atoms with Crippen molar-refractivity contribution in [3.05, 3.63) is 29.8 Å². The number of nitrogens with zero attached hydrogens (tertiary/aromatic N) is 2. The molecule has 118 valence electrons. The molecule has 0 N–H and O–H groups in total. The molecule has 1 aromatic carbocycles. The van der Waals surface area contributed by atoms with Crippen LogP contribution in [0.15, 0.2) is 29.2 Å². The lowest BCUT2D eigenvalue weighted by atomic mass is 10.2. The van der Waals surface area contributed by atoms with Crippen LogP contribution >= 0.6 is 0 Å². The van der Waals surface area contributed by atoms with Crippen molar-refractivity contribution < 1.29 is 16.8 Å². The van der Waals surface area contributed by atoms with Crippen LogP contribution in [0.4, 0.5) is 0 Å². The minimum absolute atomic E-state index is 0.185. The van der Waals surface area contributed by atoms with Crippen molar-refractivity contribution in [1.29, 1.82) is 0 Å². The first-order valence-electron chi connectivity index (χ1n) is 6.79. The molecule has 1 aliphatic heterocycles. The predicted octanol–water partition coefficient (Wildman–Crippen LogP) is 0.515. The van der Waals surface area contributed by atoms with Gasteiger partial charge < -0.3 is 0 Å². The van der Waals surface area contributed by atoms with Crippen molar-refractivity contribution in [3.63, 3.8) is 0 Å². The zero-order valence-electron chi connectivity index (χ0n) is 12.2. The van der Waals surface area contributed by atoms with Gasteiger partial charge in [0.15, 0.2) is 0 Å². The molecule has 2 rings (SSSR count). The molecule has 0 bridgehead atoms. The van der Waals surface area contributed by atoms with Crippen molar-refractivity contribution in [2.75, 3.05) is 32.4 Å². The van der Waals surface area contributed by atoms with Gasteiger partial charge in [0, 0.05) is 26.2 Å². The fourth-order valence-corrected chi connectivity index (χ4v) is 4.54. The van der Waals surface area contributed by atoms with Crippen LogP contribution in [0.2, 0.25) is 0 Å². The molecule has 1 saturated heterocycles. The van der Waals surface area contributed by atoms with Gasteiger partial charge in [-0.2, -0.15) is 8.61 Å². The molecular formula is C13H20N2O4S2. The minimum Gasteiger partial charge on any atom is -0.213 e. The Morgan fingerprint density at radius 2 is 1.38 bits per heavy atom. The number of piperazine rings is 1. The van der Waals surface area contributed by atoms with E-state index in [9.17, 15) is 16.8 Å². The SMILES string of the molecule is CCc1ccc(S(=O)(=O)N2CCN(S(C)(=O)=O)CC2)cc1. The van der Waals surface area contributed by atoms with E-state index in [1.165, 1.54) is 8.61 Å². The predicted molar refractivity (Wildman–Crippen MR) is 81.0 cm³/mol. The molecule has 1 fully saturated rings. The van der Waals surface area contributed by atoms with E-state index in [-0.39, 0.29) is 31.1 Å². The molecule has 1 aliphatic rings. The lowest BCUT2D eigenvalue weighted by Gasteiger charge is -2.32. The third kappa shape index (κ3) is 3.63. The Morgan fingerprint density at radius 1 is 0.905 bits per heavy atom. The first kappa shape index (κ1) is 16.4. The van der Waals surface area contributed by atoms with Gasteiger partial charge in [0.2, 0.25) is 20.0 Å². The van der Waals surface area contributed by atoms with E-state index in [4.69, 9.17) is 0 Å². The molecule has 0 amide bonds. The summed E-state index contributed by atoms with van der Waals surface area (Å²) in [5.74, 6) is 0. The molecular weight excluding hydrogens is 312 g/mol. The average Bonchev–Trinajstić information content (AvgIpc) is 2.46. The van der Waals surface area contributed by atoms with Crippen LogP contribution in [0.25, 0.3) is 0 Å². The number of rotatable bonds is 4. The van der Waals surface area contributed by atoms with Crippen LogP contribution in [0.5, 0.6) is 0 Å². The van der Waals surface area contributed by atoms with E-state index in [1.54, 1.807) is 24.3 Å². The second-order valence-electron chi connectivity index (χ2n) is 5.06. The molecule has 0 spiro atoms. The largest absolute Gasteiger partial charge is 0.243 e. The zero-order valence-corrected chi connectivity index (χ0v) is 13.8. The van der Waals surface area contributed by atoms with Crippen molar-refractivity contribution in [2.45, 2.75) is 18.2 Å². The van der Waals surface area contributed by atoms with E-state index in [0.29, 0.717) is 0 Å². The molecule has 0 atom stereocenters. The molecule has 8 heteroatoms. The first-order chi connectivity index (χ1) is 9.75. The average molecular weight is 332 g/mol. The van der Waals surface area contributed by atoms with Gasteiger partial charge in [-0.15, -0.1) is 0 Å². The van der Waals surface area contributed by atoms with Gasteiger partial charge in [-0.05, 0) is 24.1 Å². The summed E-state index contributed by atoms with van der Waals surface area (Å²) in [7, 11) is -6.80. The van der Waals surface area contributed by atoms with Gasteiger partial charge in [-0.3, -0.25) is 0 Å². The van der Waals surface area contributed by atoms with Crippen LogP contribution in [0.3, 0.4) is 0 Å². The quantitative estimate of drug-likeness (QED) is 0.805. The summed E-state index contributed by atoms with van der Waals surface area (Å²) in [6.07, 6.45) is 1.99. The Bertz CT molecular complexity index is 688. The number of hydrogen-bond donors (Lipinski definition) is 0. The maximum atomic E-state index is 12.5. The second kappa shape index (κ2) is 6.04. The van der Waals surface area contributed by atoms with E-state index >= 15 is 0 Å². The topological polar surface area (TPSA) is 74.8 Å². The molecule has 1 heterocycles. The molecule has 0 radical (unpaired) electrons. The Labute approximate surface area is 126 Å². The van der Waals surface area contributed by atoms with Gasteiger partial charge in [-0.25, -0.2) is 16.8 Å². The van der Waals surface area contributed by atoms with Gasteiger partial charge in [0.25, 0.3) is 0 Å². The number of hydrogen-bond acceptors (Lipinski definition) is 4. The van der Waals surface area contributed by atoms with Gasteiger partial charge in [-0.1, -0.05) is 19.1 Å². The highest BCUT2D eigenvalue weighted by atomic mass is 32.2. The van der Waals surface area contributed by atoms with Crippen LogP contribution in [0, 0.1) is 0 Å². The molecule has 0 saturated carbocycles. The summed E-state index contributed by atoms with van der Waals surface area (Å²) < 4.78 is 50.5. The highest BCUT2D eigenvalue weighted by Gasteiger charge is 2.31. The monoisotopic (exact) mass is 332 g/mol. The lowest BCUT2D eigenvalue weighted by Crippen LogP contribution is -2.50. The van der Waals surface area contributed by atoms with Gasteiger partial charge in [0.1, 0.15) is 0 Å². The maximum absolute atomic E-state index is 12.5. The zero-order chi connectivity index (χ0) is 15.7. The summed E-state index contributed by atoms with van der Waals surface area (Å²) in [5, 5.41) is 0. The summed E-state index contributed by atoms with van der Waals surface area (Å²) in [6.45, 7) is 2.78. The Kier molecular flexibility index (Phi) is 4.72. The van der Waals surface area contributed by atoms with Crippen LogP contribution in [-0.2, 0) is 26.5 Å². The van der Waals surface area contributed by atoms with Crippen LogP contribution in [-0.4, -0.2) is 57.9 Å². The second-order valence-corrected chi connectivity index (χ2v) is 8.98. The normalized spacial score (nSPS) is 18.8. The Hall–Kier alpha value is -0.960.